The lowest BCUT2D eigenvalue weighted by molar-refractivity contribution is -0.152. The molecule has 0 radical (unpaired) electrons. The van der Waals surface area contributed by atoms with E-state index in [9.17, 15) is 18.0 Å². The average Bonchev–Trinajstić information content (AvgIpc) is 2.69. The van der Waals surface area contributed by atoms with Crippen molar-refractivity contribution in [1.29, 1.82) is 0 Å². The fraction of sp³-hybridized carbons (Fsp3) is 0.300. The Bertz CT molecular complexity index is 957. The average molecular weight is 440 g/mol. The van der Waals surface area contributed by atoms with Gasteiger partial charge in [-0.2, -0.15) is 4.72 Å². The van der Waals surface area contributed by atoms with E-state index in [-0.39, 0.29) is 11.5 Å². The summed E-state index contributed by atoms with van der Waals surface area (Å²) in [5, 5.41) is 0.422. The van der Waals surface area contributed by atoms with Crippen molar-refractivity contribution in [2.45, 2.75) is 30.7 Å². The fourth-order valence-corrected chi connectivity index (χ4v) is 4.02. The van der Waals surface area contributed by atoms with Crippen molar-refractivity contribution in [3.05, 3.63) is 64.7 Å². The van der Waals surface area contributed by atoms with Crippen molar-refractivity contribution in [2.75, 3.05) is 13.7 Å². The molecular formula is C20H22ClNO6S. The molecule has 0 unspecified atom stereocenters. The second kappa shape index (κ2) is 9.87. The van der Waals surface area contributed by atoms with Crippen molar-refractivity contribution in [3.63, 3.8) is 0 Å². The molecule has 2 aromatic carbocycles. The number of esters is 2. The molecule has 1 N–H and O–H groups in total. The maximum absolute atomic E-state index is 12.9. The molecule has 0 saturated heterocycles. The molecule has 2 aromatic rings. The lowest BCUT2D eigenvalue weighted by Crippen LogP contribution is -2.48. The summed E-state index contributed by atoms with van der Waals surface area (Å²) in [6.45, 7) is 3.41. The van der Waals surface area contributed by atoms with Crippen molar-refractivity contribution in [2.24, 2.45) is 0 Å². The van der Waals surface area contributed by atoms with Gasteiger partial charge in [0.05, 0.1) is 18.6 Å². The Kier molecular flexibility index (Phi) is 7.78. The van der Waals surface area contributed by atoms with E-state index in [4.69, 9.17) is 21.1 Å². The van der Waals surface area contributed by atoms with Gasteiger partial charge in [-0.25, -0.2) is 8.42 Å². The van der Waals surface area contributed by atoms with Gasteiger partial charge in [-0.3, -0.25) is 9.59 Å². The van der Waals surface area contributed by atoms with Gasteiger partial charge >= 0.3 is 11.9 Å². The number of nitrogens with one attached hydrogen (secondary N) is 1. The van der Waals surface area contributed by atoms with Crippen LogP contribution >= 0.6 is 11.6 Å². The van der Waals surface area contributed by atoms with Crippen LogP contribution in [0.4, 0.5) is 0 Å². The predicted molar refractivity (Wildman–Crippen MR) is 108 cm³/mol. The Morgan fingerprint density at radius 2 is 1.62 bits per heavy atom. The molecule has 156 valence electrons. The molecule has 0 aliphatic rings. The third kappa shape index (κ3) is 5.79. The maximum Gasteiger partial charge on any atom is 0.325 e. The van der Waals surface area contributed by atoms with Gasteiger partial charge in [-0.1, -0.05) is 41.4 Å². The van der Waals surface area contributed by atoms with E-state index in [1.807, 2.05) is 6.92 Å². The Morgan fingerprint density at radius 1 is 1.03 bits per heavy atom. The maximum atomic E-state index is 12.9. The number of halogens is 1. The van der Waals surface area contributed by atoms with Gasteiger partial charge in [0, 0.05) is 5.02 Å². The smallest absolute Gasteiger partial charge is 0.325 e. The van der Waals surface area contributed by atoms with Crippen LogP contribution in [-0.2, 0) is 29.1 Å². The van der Waals surface area contributed by atoms with Crippen LogP contribution in [0.1, 0.15) is 24.0 Å². The molecule has 0 heterocycles. The van der Waals surface area contributed by atoms with Crippen molar-refractivity contribution in [3.8, 4) is 0 Å². The second-order valence-corrected chi connectivity index (χ2v) is 8.37. The minimum absolute atomic E-state index is 0.0100. The summed E-state index contributed by atoms with van der Waals surface area (Å²) in [7, 11) is -2.97. The molecule has 0 aliphatic carbocycles. The molecule has 2 atom stereocenters. The second-order valence-electron chi connectivity index (χ2n) is 6.22. The highest BCUT2D eigenvalue weighted by molar-refractivity contribution is 7.89. The summed E-state index contributed by atoms with van der Waals surface area (Å²) in [6.07, 6.45) is 0. The largest absolute Gasteiger partial charge is 0.468 e. The Balaban J connectivity index is 2.51. The summed E-state index contributed by atoms with van der Waals surface area (Å²) in [5.74, 6) is -2.96. The van der Waals surface area contributed by atoms with E-state index in [0.29, 0.717) is 10.6 Å². The normalized spacial score (nSPS) is 13.4. The van der Waals surface area contributed by atoms with Crippen LogP contribution in [0.5, 0.6) is 0 Å². The zero-order valence-corrected chi connectivity index (χ0v) is 17.8. The van der Waals surface area contributed by atoms with Crippen molar-refractivity contribution >= 4 is 33.6 Å². The standard InChI is InChI=1S/C20H22ClNO6S/c1-4-28-20(24)18(22-29(25,26)16-11-5-13(2)6-12-16)17(19(23)27-3)14-7-9-15(21)10-8-14/h5-12,17-18,22H,4H2,1-3H3/t17-,18+/m0/s1. The van der Waals surface area contributed by atoms with Gasteiger partial charge < -0.3 is 9.47 Å². The molecule has 2 rings (SSSR count). The summed E-state index contributed by atoms with van der Waals surface area (Å²) in [4.78, 5) is 25.1. The van der Waals surface area contributed by atoms with Gasteiger partial charge in [-0.15, -0.1) is 0 Å². The number of benzene rings is 2. The number of hydrogen-bond acceptors (Lipinski definition) is 6. The first-order valence-corrected chi connectivity index (χ1v) is 10.6. The first-order chi connectivity index (χ1) is 13.7. The zero-order valence-electron chi connectivity index (χ0n) is 16.2. The summed E-state index contributed by atoms with van der Waals surface area (Å²) >= 11 is 5.90. The van der Waals surface area contributed by atoms with Gasteiger partial charge in [0.15, 0.2) is 0 Å². The minimum atomic E-state index is -4.13. The Morgan fingerprint density at radius 3 is 2.14 bits per heavy atom. The third-order valence-electron chi connectivity index (χ3n) is 4.17. The topological polar surface area (TPSA) is 98.8 Å². The molecule has 0 aromatic heterocycles. The highest BCUT2D eigenvalue weighted by atomic mass is 35.5. The van der Waals surface area contributed by atoms with E-state index in [1.165, 1.54) is 36.4 Å². The van der Waals surface area contributed by atoms with Crippen LogP contribution in [0.15, 0.2) is 53.4 Å². The molecule has 0 aliphatic heterocycles. The van der Waals surface area contributed by atoms with E-state index in [0.717, 1.165) is 12.7 Å². The van der Waals surface area contributed by atoms with Gasteiger partial charge in [0.25, 0.3) is 0 Å². The molecule has 7 nitrogen and oxygen atoms in total. The first-order valence-electron chi connectivity index (χ1n) is 8.78. The molecule has 0 bridgehead atoms. The van der Waals surface area contributed by atoms with Gasteiger partial charge in [0.2, 0.25) is 10.0 Å². The highest BCUT2D eigenvalue weighted by Crippen LogP contribution is 2.26. The molecule has 29 heavy (non-hydrogen) atoms. The lowest BCUT2D eigenvalue weighted by atomic mass is 9.92. The summed E-state index contributed by atoms with van der Waals surface area (Å²) < 4.78 is 37.9. The van der Waals surface area contributed by atoms with E-state index >= 15 is 0 Å². The van der Waals surface area contributed by atoms with Crippen LogP contribution in [0, 0.1) is 6.92 Å². The number of carbonyl (C=O) groups is 2. The molecule has 0 fully saturated rings. The Hall–Kier alpha value is -2.42. The number of carbonyl (C=O) groups excluding carboxylic acids is 2. The number of sulfonamides is 1. The van der Waals surface area contributed by atoms with Crippen molar-refractivity contribution in [1.82, 2.24) is 4.72 Å². The minimum Gasteiger partial charge on any atom is -0.468 e. The molecule has 0 amide bonds. The van der Waals surface area contributed by atoms with Crippen LogP contribution in [0.2, 0.25) is 5.02 Å². The van der Waals surface area contributed by atoms with Crippen LogP contribution in [-0.4, -0.2) is 40.1 Å². The van der Waals surface area contributed by atoms with Crippen LogP contribution < -0.4 is 4.72 Å². The highest BCUT2D eigenvalue weighted by Gasteiger charge is 2.40. The lowest BCUT2D eigenvalue weighted by Gasteiger charge is -2.25. The number of rotatable bonds is 8. The third-order valence-corrected chi connectivity index (χ3v) is 5.88. The Labute approximate surface area is 175 Å². The van der Waals surface area contributed by atoms with E-state index < -0.39 is 33.9 Å². The molecule has 9 heteroatoms. The summed E-state index contributed by atoms with van der Waals surface area (Å²) in [5.41, 5.74) is 1.23. The number of hydrogen-bond donors (Lipinski definition) is 1. The summed E-state index contributed by atoms with van der Waals surface area (Å²) in [6, 6.07) is 10.7. The first kappa shape index (κ1) is 22.9. The zero-order chi connectivity index (χ0) is 21.6. The number of methoxy groups -OCH3 is 1. The SMILES string of the molecule is CCOC(=O)[C@H](NS(=O)(=O)c1ccc(C)cc1)[C@@H](C(=O)OC)c1ccc(Cl)cc1. The number of aryl methyl sites for hydroxylation is 1. The number of ether oxygens (including phenoxy) is 2. The van der Waals surface area contributed by atoms with E-state index in [2.05, 4.69) is 4.72 Å². The quantitative estimate of drug-likeness (QED) is 0.635. The predicted octanol–water partition coefficient (Wildman–Crippen LogP) is 2.82. The monoisotopic (exact) mass is 439 g/mol. The van der Waals surface area contributed by atoms with Gasteiger partial charge in [-0.05, 0) is 43.7 Å². The van der Waals surface area contributed by atoms with Crippen molar-refractivity contribution < 1.29 is 27.5 Å². The van der Waals surface area contributed by atoms with Gasteiger partial charge in [0.1, 0.15) is 12.0 Å². The van der Waals surface area contributed by atoms with Crippen LogP contribution in [0.25, 0.3) is 0 Å². The van der Waals surface area contributed by atoms with E-state index in [1.54, 1.807) is 19.1 Å². The fourth-order valence-electron chi connectivity index (χ4n) is 2.70. The molecular weight excluding hydrogens is 418 g/mol. The molecule has 0 saturated carbocycles. The van der Waals surface area contributed by atoms with Crippen LogP contribution in [0.3, 0.4) is 0 Å². The molecule has 0 spiro atoms.